The molecule has 8 nitrogen and oxygen atoms in total. The van der Waals surface area contributed by atoms with Crippen LogP contribution in [0.3, 0.4) is 0 Å². The van der Waals surface area contributed by atoms with E-state index in [1.165, 1.54) is 4.68 Å². The number of aryl methyl sites for hydroxylation is 1. The maximum atomic E-state index is 13.1. The zero-order valence-electron chi connectivity index (χ0n) is 18.4. The van der Waals surface area contributed by atoms with Crippen molar-refractivity contribution in [2.24, 2.45) is 0 Å². The average Bonchev–Trinajstić information content (AvgIpc) is 3.18. The summed E-state index contributed by atoms with van der Waals surface area (Å²) >= 11 is 3.42. The average molecular weight is 521 g/mol. The Balaban J connectivity index is 1.62. The highest BCUT2D eigenvalue weighted by atomic mass is 79.9. The molecule has 3 N–H and O–H groups in total. The molecular weight excluding hydrogens is 500 g/mol. The first-order chi connectivity index (χ1) is 16.4. The Bertz CT molecular complexity index is 1400. The Morgan fingerprint density at radius 2 is 1.62 bits per heavy atom. The van der Waals surface area contributed by atoms with E-state index in [0.29, 0.717) is 28.0 Å². The monoisotopic (exact) mass is 520 g/mol. The van der Waals surface area contributed by atoms with Gasteiger partial charge in [-0.25, -0.2) is 4.68 Å². The molecule has 0 saturated heterocycles. The summed E-state index contributed by atoms with van der Waals surface area (Å²) in [5, 5.41) is 6.09. The van der Waals surface area contributed by atoms with Gasteiger partial charge in [-0.05, 0) is 67.1 Å². The molecule has 0 unspecified atom stereocenters. The zero-order valence-corrected chi connectivity index (χ0v) is 20.0. The molecule has 4 aromatic rings. The molecule has 9 heteroatoms. The quantitative estimate of drug-likeness (QED) is 0.332. The van der Waals surface area contributed by atoms with Gasteiger partial charge in [-0.2, -0.15) is 0 Å². The van der Waals surface area contributed by atoms with Crippen LogP contribution in [0.2, 0.25) is 0 Å². The predicted octanol–water partition coefficient (Wildman–Crippen LogP) is 4.68. The molecular formula is C25H21BrN4O4. The molecule has 0 spiro atoms. The van der Waals surface area contributed by atoms with Crippen molar-refractivity contribution < 1.29 is 19.1 Å². The molecule has 1 heterocycles. The molecule has 0 aliphatic carbocycles. The predicted molar refractivity (Wildman–Crippen MR) is 135 cm³/mol. The number of carbonyl (C=O) groups is 3. The van der Waals surface area contributed by atoms with Gasteiger partial charge in [0.15, 0.2) is 0 Å². The Hall–Kier alpha value is -4.11. The van der Waals surface area contributed by atoms with Gasteiger partial charge in [0.2, 0.25) is 0 Å². The fraction of sp³-hybridized carbons (Fsp3) is 0.0800. The first kappa shape index (κ1) is 23.1. The summed E-state index contributed by atoms with van der Waals surface area (Å²) in [5.74, 6) is -1.57. The van der Waals surface area contributed by atoms with E-state index < -0.39 is 17.7 Å². The van der Waals surface area contributed by atoms with Gasteiger partial charge in [0.1, 0.15) is 11.4 Å². The van der Waals surface area contributed by atoms with Crippen LogP contribution in [0.5, 0.6) is 5.75 Å². The third-order valence-corrected chi connectivity index (χ3v) is 5.65. The second-order valence-corrected chi connectivity index (χ2v) is 8.38. The van der Waals surface area contributed by atoms with Crippen molar-refractivity contribution in [3.05, 3.63) is 88.5 Å². The number of carbonyl (C=O) groups excluding carboxylic acids is 3. The van der Waals surface area contributed by atoms with Crippen molar-refractivity contribution in [2.75, 3.05) is 23.2 Å². The number of methoxy groups -OCH3 is 1. The Morgan fingerprint density at radius 3 is 2.32 bits per heavy atom. The van der Waals surface area contributed by atoms with Crippen molar-refractivity contribution in [1.29, 1.82) is 0 Å². The summed E-state index contributed by atoms with van der Waals surface area (Å²) in [4.78, 5) is 38.4. The Morgan fingerprint density at radius 1 is 0.882 bits per heavy atom. The summed E-state index contributed by atoms with van der Waals surface area (Å²) in [6.45, 7) is 1.83. The Labute approximate surface area is 204 Å². The van der Waals surface area contributed by atoms with E-state index in [2.05, 4.69) is 32.0 Å². The van der Waals surface area contributed by atoms with Crippen molar-refractivity contribution in [3.63, 3.8) is 0 Å². The zero-order chi connectivity index (χ0) is 24.2. The number of ether oxygens (including phenoxy) is 1. The van der Waals surface area contributed by atoms with E-state index >= 15 is 0 Å². The lowest BCUT2D eigenvalue weighted by atomic mass is 10.2. The van der Waals surface area contributed by atoms with Crippen LogP contribution in [0.1, 0.15) is 16.1 Å². The van der Waals surface area contributed by atoms with E-state index in [-0.39, 0.29) is 5.69 Å². The van der Waals surface area contributed by atoms with Crippen molar-refractivity contribution >= 4 is 55.9 Å². The third kappa shape index (κ3) is 4.94. The molecule has 0 atom stereocenters. The van der Waals surface area contributed by atoms with Crippen LogP contribution in [-0.4, -0.2) is 29.5 Å². The first-order valence-electron chi connectivity index (χ1n) is 10.3. The highest BCUT2D eigenvalue weighted by Crippen LogP contribution is 2.24. The highest BCUT2D eigenvalue weighted by molar-refractivity contribution is 9.10. The number of amides is 3. The normalized spacial score (nSPS) is 10.6. The lowest BCUT2D eigenvalue weighted by Gasteiger charge is -2.13. The molecule has 0 radical (unpaired) electrons. The van der Waals surface area contributed by atoms with Crippen LogP contribution in [0.15, 0.2) is 77.3 Å². The SMILES string of the molecule is COc1ccc(NC(=O)c2cc3cc(Br)ccc3n2NC(=O)C(=O)Nc2ccccc2C)cc1. The minimum Gasteiger partial charge on any atom is -0.497 e. The number of anilines is 2. The van der Waals surface area contributed by atoms with Gasteiger partial charge < -0.3 is 15.4 Å². The molecule has 34 heavy (non-hydrogen) atoms. The summed E-state index contributed by atoms with van der Waals surface area (Å²) in [5.41, 5.74) is 5.15. The standard InChI is InChI=1S/C25H21BrN4O4/c1-15-5-3-4-6-20(15)28-24(32)25(33)29-30-21-12-7-17(26)13-16(21)14-22(30)23(31)27-18-8-10-19(34-2)11-9-18/h3-14H,1-2H3,(H,27,31)(H,28,32)(H,29,33). The molecule has 0 saturated carbocycles. The van der Waals surface area contributed by atoms with Crippen LogP contribution < -0.4 is 20.8 Å². The molecule has 3 aromatic carbocycles. The van der Waals surface area contributed by atoms with Crippen molar-refractivity contribution in [1.82, 2.24) is 4.68 Å². The molecule has 3 amide bonds. The van der Waals surface area contributed by atoms with Gasteiger partial charge in [0.05, 0.1) is 12.6 Å². The third-order valence-electron chi connectivity index (χ3n) is 5.16. The molecule has 0 fully saturated rings. The van der Waals surface area contributed by atoms with Gasteiger partial charge in [0.25, 0.3) is 5.91 Å². The molecule has 4 rings (SSSR count). The fourth-order valence-electron chi connectivity index (χ4n) is 3.39. The number of halogens is 1. The van der Waals surface area contributed by atoms with Crippen LogP contribution in [0, 0.1) is 6.92 Å². The number of fused-ring (bicyclic) bond motifs is 1. The topological polar surface area (TPSA) is 101 Å². The number of rotatable bonds is 5. The van der Waals surface area contributed by atoms with Gasteiger partial charge >= 0.3 is 11.8 Å². The number of para-hydroxylation sites is 1. The van der Waals surface area contributed by atoms with Gasteiger partial charge in [-0.3, -0.25) is 19.8 Å². The number of hydrogen-bond acceptors (Lipinski definition) is 4. The fourth-order valence-corrected chi connectivity index (χ4v) is 3.77. The summed E-state index contributed by atoms with van der Waals surface area (Å²) in [7, 11) is 1.56. The van der Waals surface area contributed by atoms with Crippen LogP contribution in [0.25, 0.3) is 10.9 Å². The molecule has 1 aromatic heterocycles. The minimum atomic E-state index is -0.915. The molecule has 172 valence electrons. The lowest BCUT2D eigenvalue weighted by molar-refractivity contribution is -0.133. The van der Waals surface area contributed by atoms with Crippen molar-refractivity contribution in [3.8, 4) is 5.75 Å². The summed E-state index contributed by atoms with van der Waals surface area (Å²) < 4.78 is 7.25. The van der Waals surface area contributed by atoms with Crippen molar-refractivity contribution in [2.45, 2.75) is 6.92 Å². The van der Waals surface area contributed by atoms with Crippen LogP contribution in [0.4, 0.5) is 11.4 Å². The molecule has 0 bridgehead atoms. The highest BCUT2D eigenvalue weighted by Gasteiger charge is 2.21. The first-order valence-corrected chi connectivity index (χ1v) is 11.1. The van der Waals surface area contributed by atoms with Crippen LogP contribution >= 0.6 is 15.9 Å². The van der Waals surface area contributed by atoms with E-state index in [1.54, 1.807) is 61.7 Å². The smallest absolute Gasteiger partial charge is 0.328 e. The number of nitrogens with one attached hydrogen (secondary N) is 3. The van der Waals surface area contributed by atoms with E-state index in [9.17, 15) is 14.4 Å². The molecule has 0 aliphatic rings. The minimum absolute atomic E-state index is 0.154. The van der Waals surface area contributed by atoms with Gasteiger partial charge in [0, 0.05) is 21.2 Å². The van der Waals surface area contributed by atoms with E-state index in [0.717, 1.165) is 10.0 Å². The maximum absolute atomic E-state index is 13.1. The number of nitrogens with zero attached hydrogens (tertiary/aromatic N) is 1. The lowest BCUT2D eigenvalue weighted by Crippen LogP contribution is -2.36. The largest absolute Gasteiger partial charge is 0.497 e. The molecule has 0 aliphatic heterocycles. The summed E-state index contributed by atoms with van der Waals surface area (Å²) in [6.07, 6.45) is 0. The Kier molecular flexibility index (Phi) is 6.65. The van der Waals surface area contributed by atoms with E-state index in [1.807, 2.05) is 25.1 Å². The van der Waals surface area contributed by atoms with Crippen LogP contribution in [-0.2, 0) is 9.59 Å². The number of benzene rings is 3. The second kappa shape index (κ2) is 9.80. The summed E-state index contributed by atoms with van der Waals surface area (Å²) in [6, 6.07) is 21.0. The number of hydrogen-bond donors (Lipinski definition) is 3. The van der Waals surface area contributed by atoms with E-state index in [4.69, 9.17) is 4.74 Å². The maximum Gasteiger partial charge on any atom is 0.328 e. The van der Waals surface area contributed by atoms with Gasteiger partial charge in [-0.15, -0.1) is 0 Å². The number of aromatic nitrogens is 1. The second-order valence-electron chi connectivity index (χ2n) is 7.46. The van der Waals surface area contributed by atoms with Gasteiger partial charge in [-0.1, -0.05) is 34.1 Å².